The summed E-state index contributed by atoms with van der Waals surface area (Å²) >= 11 is 4.66. The standard InChI is InChI=1S/C36H29BrP2/c37-39(33-22-10-3-11-23-33,34-24-12-4-13-25-34,35-26-14-5-15-27-35)36-28-16-21-32(29-36)38(30-17-6-1-7-18-30)31-19-8-2-9-20-31/h1-29H. The number of hydrogen-bond donors (Lipinski definition) is 0. The van der Waals surface area contributed by atoms with Gasteiger partial charge in [0.05, 0.1) is 0 Å². The molecule has 0 radical (unpaired) electrons. The second-order valence-electron chi connectivity index (χ2n) is 9.54. The molecule has 6 aromatic carbocycles. The van der Waals surface area contributed by atoms with Gasteiger partial charge in [-0.2, -0.15) is 0 Å². The molecule has 39 heavy (non-hydrogen) atoms. The summed E-state index contributed by atoms with van der Waals surface area (Å²) in [6.45, 7) is 0. The molecule has 6 aromatic rings. The number of hydrogen-bond acceptors (Lipinski definition) is 0. The normalized spacial score (nSPS) is 12.5. The van der Waals surface area contributed by atoms with E-state index in [4.69, 9.17) is 0 Å². The average Bonchev–Trinajstić information content (AvgIpc) is 3.03. The fourth-order valence-corrected chi connectivity index (χ4v) is 15.5. The minimum atomic E-state index is -3.29. The predicted molar refractivity (Wildman–Crippen MR) is 179 cm³/mol. The van der Waals surface area contributed by atoms with Crippen molar-refractivity contribution in [2.24, 2.45) is 0 Å². The molecule has 0 atom stereocenters. The fraction of sp³-hybridized carbons (Fsp3) is 0. The van der Waals surface area contributed by atoms with Crippen LogP contribution in [-0.4, -0.2) is 0 Å². The molecule has 3 heteroatoms. The summed E-state index contributed by atoms with van der Waals surface area (Å²) in [5.74, 6) is 0. The van der Waals surface area contributed by atoms with Crippen molar-refractivity contribution >= 4 is 65.8 Å². The molecule has 0 aliphatic carbocycles. The summed E-state index contributed by atoms with van der Waals surface area (Å²) in [5, 5.41) is 5.95. The molecule has 0 spiro atoms. The summed E-state index contributed by atoms with van der Waals surface area (Å²) in [5.41, 5.74) is 0. The van der Waals surface area contributed by atoms with Crippen LogP contribution in [0.15, 0.2) is 176 Å². The van der Waals surface area contributed by atoms with Gasteiger partial charge < -0.3 is 0 Å². The van der Waals surface area contributed by atoms with Crippen molar-refractivity contribution in [1.29, 1.82) is 0 Å². The molecular formula is C36H29BrP2. The second kappa shape index (κ2) is 11.0. The first-order valence-electron chi connectivity index (χ1n) is 13.1. The van der Waals surface area contributed by atoms with Gasteiger partial charge in [-0.1, -0.05) is 0 Å². The fourth-order valence-electron chi connectivity index (χ4n) is 5.51. The van der Waals surface area contributed by atoms with Crippen LogP contribution >= 0.6 is 28.7 Å². The Morgan fingerprint density at radius 3 is 1.03 bits per heavy atom. The Kier molecular flexibility index (Phi) is 7.33. The van der Waals surface area contributed by atoms with Crippen LogP contribution in [0, 0.1) is 0 Å². The molecule has 6 rings (SSSR count). The van der Waals surface area contributed by atoms with Gasteiger partial charge >= 0.3 is 242 Å². The zero-order chi connectivity index (χ0) is 26.6. The van der Waals surface area contributed by atoms with Gasteiger partial charge in [0.2, 0.25) is 0 Å². The molecular weight excluding hydrogens is 574 g/mol. The maximum absolute atomic E-state index is 4.66. The molecule has 0 aliphatic rings. The molecule has 190 valence electrons. The van der Waals surface area contributed by atoms with Crippen LogP contribution in [0.5, 0.6) is 0 Å². The van der Waals surface area contributed by atoms with Crippen molar-refractivity contribution in [2.75, 3.05) is 0 Å². The van der Waals surface area contributed by atoms with Gasteiger partial charge in [0.1, 0.15) is 0 Å². The van der Waals surface area contributed by atoms with E-state index in [0.29, 0.717) is 0 Å². The summed E-state index contributed by atoms with van der Waals surface area (Å²) in [6, 6.07) is 64.3. The monoisotopic (exact) mass is 602 g/mol. The van der Waals surface area contributed by atoms with Gasteiger partial charge in [-0.05, 0) is 0 Å². The topological polar surface area (TPSA) is 0 Å². The molecule has 0 bridgehead atoms. The van der Waals surface area contributed by atoms with E-state index in [0.717, 1.165) is 0 Å². The summed E-state index contributed by atoms with van der Waals surface area (Å²) in [7, 11) is -0.738. The Bertz CT molecular complexity index is 1520. The molecule has 0 unspecified atom stereocenters. The van der Waals surface area contributed by atoms with E-state index in [-0.39, 0.29) is 0 Å². The Balaban J connectivity index is 1.69. The van der Waals surface area contributed by atoms with E-state index in [9.17, 15) is 0 Å². The van der Waals surface area contributed by atoms with Crippen molar-refractivity contribution in [3.8, 4) is 0 Å². The van der Waals surface area contributed by atoms with E-state index in [1.807, 2.05) is 0 Å². The molecule has 0 saturated heterocycles. The van der Waals surface area contributed by atoms with Gasteiger partial charge in [0.25, 0.3) is 0 Å². The van der Waals surface area contributed by atoms with Crippen LogP contribution in [0.4, 0.5) is 0 Å². The molecule has 0 nitrogen and oxygen atoms in total. The number of halogens is 1. The number of benzene rings is 6. The molecule has 0 N–H and O–H groups in total. The predicted octanol–water partition coefficient (Wildman–Crippen LogP) is 6.91. The van der Waals surface area contributed by atoms with Gasteiger partial charge in [-0.3, -0.25) is 0 Å². The van der Waals surface area contributed by atoms with E-state index in [1.54, 1.807) is 0 Å². The molecule has 0 aromatic heterocycles. The van der Waals surface area contributed by atoms with Crippen LogP contribution in [0.25, 0.3) is 0 Å². The summed E-state index contributed by atoms with van der Waals surface area (Å²) in [4.78, 5) is 0. The second-order valence-corrected chi connectivity index (χ2v) is 20.1. The first-order chi connectivity index (χ1) is 19.2. The Hall–Kier alpha value is -3.34. The maximum atomic E-state index is 4.66. The van der Waals surface area contributed by atoms with Gasteiger partial charge in [0.15, 0.2) is 0 Å². The van der Waals surface area contributed by atoms with Crippen LogP contribution in [0.2, 0.25) is 0 Å². The third kappa shape index (κ3) is 4.50. The van der Waals surface area contributed by atoms with Crippen molar-refractivity contribution in [3.63, 3.8) is 0 Å². The molecule has 0 amide bonds. The first-order valence-corrected chi connectivity index (χ1v) is 18.7. The summed E-state index contributed by atoms with van der Waals surface area (Å²) in [6.07, 6.45) is 0. The van der Waals surface area contributed by atoms with Crippen LogP contribution in [0.1, 0.15) is 0 Å². The van der Waals surface area contributed by atoms with Crippen molar-refractivity contribution < 1.29 is 0 Å². The third-order valence-electron chi connectivity index (χ3n) is 7.32. The van der Waals surface area contributed by atoms with E-state index in [2.05, 4.69) is 191 Å². The SMILES string of the molecule is BrP(c1ccccc1)(c1ccccc1)(c1ccccc1)c1cccc(P(c2ccccc2)c2ccccc2)c1. The van der Waals surface area contributed by atoms with Crippen molar-refractivity contribution in [2.45, 2.75) is 0 Å². The molecule has 0 aliphatic heterocycles. The van der Waals surface area contributed by atoms with E-state index >= 15 is 0 Å². The molecule has 0 heterocycles. The summed E-state index contributed by atoms with van der Waals surface area (Å²) < 4.78 is 0. The third-order valence-corrected chi connectivity index (χ3v) is 19.7. The molecule has 0 fully saturated rings. The quantitative estimate of drug-likeness (QED) is 0.174. The Morgan fingerprint density at radius 1 is 0.333 bits per heavy atom. The van der Waals surface area contributed by atoms with Crippen molar-refractivity contribution in [3.05, 3.63) is 176 Å². The van der Waals surface area contributed by atoms with E-state index in [1.165, 1.54) is 37.1 Å². The van der Waals surface area contributed by atoms with Gasteiger partial charge in [0, 0.05) is 0 Å². The zero-order valence-corrected chi connectivity index (χ0v) is 24.9. The number of rotatable bonds is 7. The molecule has 0 saturated carbocycles. The zero-order valence-electron chi connectivity index (χ0n) is 21.5. The van der Waals surface area contributed by atoms with Crippen LogP contribution < -0.4 is 37.1 Å². The Morgan fingerprint density at radius 2 is 0.641 bits per heavy atom. The Labute approximate surface area is 240 Å². The average molecular weight is 603 g/mol. The van der Waals surface area contributed by atoms with Crippen LogP contribution in [-0.2, 0) is 0 Å². The van der Waals surface area contributed by atoms with E-state index < -0.39 is 13.2 Å². The van der Waals surface area contributed by atoms with Gasteiger partial charge in [-0.25, -0.2) is 0 Å². The minimum absolute atomic E-state index is 0.738. The first kappa shape index (κ1) is 25.9. The van der Waals surface area contributed by atoms with Gasteiger partial charge in [-0.15, -0.1) is 0 Å². The van der Waals surface area contributed by atoms with Crippen LogP contribution in [0.3, 0.4) is 0 Å². The van der Waals surface area contributed by atoms with Crippen molar-refractivity contribution in [1.82, 2.24) is 0 Å².